The van der Waals surface area contributed by atoms with Crippen molar-refractivity contribution in [2.45, 2.75) is 56.6 Å². The number of anilines is 1. The van der Waals surface area contributed by atoms with Crippen LogP contribution in [0.3, 0.4) is 0 Å². The van der Waals surface area contributed by atoms with Gasteiger partial charge in [0.25, 0.3) is 0 Å². The molecule has 1 aromatic rings. The molecular weight excluding hydrogens is 276 g/mol. The highest BCUT2D eigenvalue weighted by atomic mass is 32.2. The third-order valence-electron chi connectivity index (χ3n) is 3.92. The molecule has 2 atom stereocenters. The molecule has 0 aliphatic heterocycles. The normalized spacial score (nSPS) is 23.8. The van der Waals surface area contributed by atoms with E-state index >= 15 is 0 Å². The predicted octanol–water partition coefficient (Wildman–Crippen LogP) is 1.47. The van der Waals surface area contributed by atoms with E-state index in [-0.39, 0.29) is 10.6 Å². The Kier molecular flexibility index (Phi) is 4.36. The molecule has 0 bridgehead atoms. The maximum absolute atomic E-state index is 12.5. The maximum atomic E-state index is 12.5. The summed E-state index contributed by atoms with van der Waals surface area (Å²) >= 11 is 0. The van der Waals surface area contributed by atoms with Crippen molar-refractivity contribution in [3.63, 3.8) is 0 Å². The van der Waals surface area contributed by atoms with Gasteiger partial charge in [0.05, 0.1) is 11.8 Å². The lowest BCUT2D eigenvalue weighted by Gasteiger charge is -2.28. The molecule has 5 nitrogen and oxygen atoms in total. The topological polar surface area (TPSA) is 92.4 Å². The molecule has 0 heterocycles. The Morgan fingerprint density at radius 2 is 1.80 bits per heavy atom. The van der Waals surface area contributed by atoms with Gasteiger partial charge in [-0.05, 0) is 37.8 Å². The van der Waals surface area contributed by atoms with E-state index in [0.29, 0.717) is 18.4 Å². The van der Waals surface area contributed by atoms with Gasteiger partial charge in [-0.2, -0.15) is 0 Å². The van der Waals surface area contributed by atoms with E-state index < -0.39 is 22.2 Å². The second-order valence-corrected chi connectivity index (χ2v) is 7.17. The highest BCUT2D eigenvalue weighted by Crippen LogP contribution is 2.27. The molecular formula is C14H22N2O3S. The number of hydrogen-bond donors (Lipinski definition) is 3. The molecule has 0 saturated heterocycles. The first-order chi connectivity index (χ1) is 9.33. The minimum absolute atomic E-state index is 0.135. The van der Waals surface area contributed by atoms with Gasteiger partial charge in [0.1, 0.15) is 4.90 Å². The largest absolute Gasteiger partial charge is 0.397 e. The Balaban J connectivity index is 2.33. The molecule has 0 radical (unpaired) electrons. The number of rotatable bonds is 3. The quantitative estimate of drug-likeness (QED) is 0.737. The molecule has 1 saturated carbocycles. The summed E-state index contributed by atoms with van der Waals surface area (Å²) in [5.74, 6) is 0. The number of aryl methyl sites for hydroxylation is 2. The first kappa shape index (κ1) is 15.3. The van der Waals surface area contributed by atoms with Gasteiger partial charge in [-0.15, -0.1) is 0 Å². The van der Waals surface area contributed by atoms with Gasteiger partial charge in [-0.1, -0.05) is 25.0 Å². The summed E-state index contributed by atoms with van der Waals surface area (Å²) in [7, 11) is -3.71. The van der Waals surface area contributed by atoms with E-state index in [1.807, 2.05) is 0 Å². The summed E-state index contributed by atoms with van der Waals surface area (Å²) in [5.41, 5.74) is 7.56. The molecule has 1 aromatic carbocycles. The van der Waals surface area contributed by atoms with Gasteiger partial charge < -0.3 is 10.8 Å². The number of nitrogens with one attached hydrogen (secondary N) is 1. The summed E-state index contributed by atoms with van der Waals surface area (Å²) in [6, 6.07) is 3.13. The summed E-state index contributed by atoms with van der Waals surface area (Å²) in [4.78, 5) is 0.135. The van der Waals surface area contributed by atoms with Crippen molar-refractivity contribution in [3.05, 3.63) is 23.3 Å². The van der Waals surface area contributed by atoms with Crippen LogP contribution in [0.4, 0.5) is 5.69 Å². The Hall–Kier alpha value is -1.11. The van der Waals surface area contributed by atoms with Crippen LogP contribution in [0.5, 0.6) is 0 Å². The van der Waals surface area contributed by atoms with E-state index in [0.717, 1.165) is 18.4 Å². The molecule has 0 unspecified atom stereocenters. The zero-order chi connectivity index (χ0) is 14.9. The fourth-order valence-electron chi connectivity index (χ4n) is 2.67. The van der Waals surface area contributed by atoms with Crippen LogP contribution >= 0.6 is 0 Å². The van der Waals surface area contributed by atoms with Crippen LogP contribution in [0.25, 0.3) is 0 Å². The monoisotopic (exact) mass is 298 g/mol. The SMILES string of the molecule is Cc1ccc(C)c(S(=O)(=O)N[C@H]2CCCC[C@@H]2O)c1N. The number of benzene rings is 1. The molecule has 0 aromatic heterocycles. The van der Waals surface area contributed by atoms with Crippen molar-refractivity contribution in [2.75, 3.05) is 5.73 Å². The van der Waals surface area contributed by atoms with Crippen molar-refractivity contribution in [3.8, 4) is 0 Å². The first-order valence-electron chi connectivity index (χ1n) is 6.89. The molecule has 2 rings (SSSR count). The van der Waals surface area contributed by atoms with E-state index in [1.54, 1.807) is 26.0 Å². The average molecular weight is 298 g/mol. The van der Waals surface area contributed by atoms with Crippen LogP contribution in [0.15, 0.2) is 17.0 Å². The first-order valence-corrected chi connectivity index (χ1v) is 8.37. The molecule has 0 spiro atoms. The molecule has 1 aliphatic carbocycles. The third-order valence-corrected chi connectivity index (χ3v) is 5.61. The summed E-state index contributed by atoms with van der Waals surface area (Å²) in [6.07, 6.45) is 2.53. The lowest BCUT2D eigenvalue weighted by atomic mass is 9.93. The maximum Gasteiger partial charge on any atom is 0.243 e. The number of hydrogen-bond acceptors (Lipinski definition) is 4. The second-order valence-electron chi connectivity index (χ2n) is 5.52. The van der Waals surface area contributed by atoms with Crippen LogP contribution in [0, 0.1) is 13.8 Å². The minimum atomic E-state index is -3.71. The van der Waals surface area contributed by atoms with Crippen molar-refractivity contribution >= 4 is 15.7 Å². The van der Waals surface area contributed by atoms with E-state index in [2.05, 4.69) is 4.72 Å². The van der Waals surface area contributed by atoms with Crippen molar-refractivity contribution < 1.29 is 13.5 Å². The lowest BCUT2D eigenvalue weighted by Crippen LogP contribution is -2.45. The predicted molar refractivity (Wildman–Crippen MR) is 78.9 cm³/mol. The van der Waals surface area contributed by atoms with Crippen LogP contribution in [-0.2, 0) is 10.0 Å². The number of nitrogen functional groups attached to an aromatic ring is 1. The highest BCUT2D eigenvalue weighted by Gasteiger charge is 2.30. The van der Waals surface area contributed by atoms with Gasteiger partial charge in [-0.25, -0.2) is 13.1 Å². The summed E-state index contributed by atoms with van der Waals surface area (Å²) < 4.78 is 27.7. The summed E-state index contributed by atoms with van der Waals surface area (Å²) in [6.45, 7) is 3.50. The van der Waals surface area contributed by atoms with E-state index in [1.165, 1.54) is 0 Å². The van der Waals surface area contributed by atoms with Crippen LogP contribution in [0.1, 0.15) is 36.8 Å². The minimum Gasteiger partial charge on any atom is -0.397 e. The average Bonchev–Trinajstić information content (AvgIpc) is 2.37. The number of nitrogens with two attached hydrogens (primary N) is 1. The number of aliphatic hydroxyl groups is 1. The molecule has 6 heteroatoms. The molecule has 1 fully saturated rings. The smallest absolute Gasteiger partial charge is 0.243 e. The Bertz CT molecular complexity index is 599. The third kappa shape index (κ3) is 2.97. The Morgan fingerprint density at radius 3 is 2.45 bits per heavy atom. The van der Waals surface area contributed by atoms with E-state index in [9.17, 15) is 13.5 Å². The van der Waals surface area contributed by atoms with Crippen molar-refractivity contribution in [1.82, 2.24) is 4.72 Å². The fraction of sp³-hybridized carbons (Fsp3) is 0.571. The summed E-state index contributed by atoms with van der Waals surface area (Å²) in [5, 5.41) is 9.91. The van der Waals surface area contributed by atoms with Crippen LogP contribution in [-0.4, -0.2) is 25.7 Å². The number of sulfonamides is 1. The lowest BCUT2D eigenvalue weighted by molar-refractivity contribution is 0.101. The van der Waals surface area contributed by atoms with Crippen LogP contribution in [0.2, 0.25) is 0 Å². The molecule has 1 aliphatic rings. The van der Waals surface area contributed by atoms with Crippen molar-refractivity contribution in [2.24, 2.45) is 0 Å². The van der Waals surface area contributed by atoms with Crippen molar-refractivity contribution in [1.29, 1.82) is 0 Å². The van der Waals surface area contributed by atoms with E-state index in [4.69, 9.17) is 5.73 Å². The molecule has 0 amide bonds. The number of aliphatic hydroxyl groups excluding tert-OH is 1. The Morgan fingerprint density at radius 1 is 1.20 bits per heavy atom. The zero-order valence-corrected chi connectivity index (χ0v) is 12.7. The van der Waals surface area contributed by atoms with Crippen LogP contribution < -0.4 is 10.5 Å². The van der Waals surface area contributed by atoms with Gasteiger partial charge in [-0.3, -0.25) is 0 Å². The van der Waals surface area contributed by atoms with Gasteiger partial charge in [0.2, 0.25) is 10.0 Å². The second kappa shape index (κ2) is 5.71. The highest BCUT2D eigenvalue weighted by molar-refractivity contribution is 7.89. The molecule has 20 heavy (non-hydrogen) atoms. The zero-order valence-electron chi connectivity index (χ0n) is 11.9. The molecule has 4 N–H and O–H groups in total. The fourth-order valence-corrected chi connectivity index (χ4v) is 4.40. The molecule has 112 valence electrons. The van der Waals surface area contributed by atoms with Gasteiger partial charge >= 0.3 is 0 Å². The standard InChI is InChI=1S/C14H22N2O3S/c1-9-7-8-10(2)14(13(9)15)20(18,19)16-11-5-3-4-6-12(11)17/h7-8,11-12,16-17H,3-6,15H2,1-2H3/t11-,12-/m0/s1. The Labute approximate surface area is 120 Å². The van der Waals surface area contributed by atoms with Gasteiger partial charge in [0.15, 0.2) is 0 Å². The van der Waals surface area contributed by atoms with Gasteiger partial charge in [0, 0.05) is 6.04 Å².